The van der Waals surface area contributed by atoms with E-state index in [2.05, 4.69) is 6.92 Å². The second kappa shape index (κ2) is 6.19. The van der Waals surface area contributed by atoms with Gasteiger partial charge in [-0.3, -0.25) is 10.1 Å². The Bertz CT molecular complexity index is 676. The molecule has 8 nitrogen and oxygen atoms in total. The van der Waals surface area contributed by atoms with E-state index in [0.29, 0.717) is 24.7 Å². The van der Waals surface area contributed by atoms with Crippen molar-refractivity contribution in [3.63, 3.8) is 0 Å². The molecule has 1 aliphatic heterocycles. The standard InChI is InChI=1S/C13H19N3O5S/c1-9-5-6-15(8-12(9)21-2)11-4-3-10(16(17)18)7-13(11)22(14,19)20/h3-4,7,9,12H,5-6,8H2,1-2H3,(H2,14,19,20). The Kier molecular flexibility index (Phi) is 4.69. The Morgan fingerprint density at radius 1 is 1.45 bits per heavy atom. The predicted molar refractivity (Wildman–Crippen MR) is 81.3 cm³/mol. The first-order valence-electron chi connectivity index (χ1n) is 6.83. The lowest BCUT2D eigenvalue weighted by molar-refractivity contribution is -0.385. The molecule has 2 rings (SSSR count). The Morgan fingerprint density at radius 3 is 2.68 bits per heavy atom. The van der Waals surface area contributed by atoms with Crippen molar-refractivity contribution in [1.82, 2.24) is 0 Å². The minimum absolute atomic E-state index is 0.0303. The van der Waals surface area contributed by atoms with Crippen LogP contribution in [-0.2, 0) is 14.8 Å². The fraction of sp³-hybridized carbons (Fsp3) is 0.538. The summed E-state index contributed by atoms with van der Waals surface area (Å²) in [5.74, 6) is 0.359. The first-order chi connectivity index (χ1) is 10.2. The van der Waals surface area contributed by atoms with Crippen LogP contribution >= 0.6 is 0 Å². The number of rotatable bonds is 4. The molecule has 1 saturated heterocycles. The number of nitro groups is 1. The van der Waals surface area contributed by atoms with Crippen LogP contribution in [0.15, 0.2) is 23.1 Å². The van der Waals surface area contributed by atoms with Gasteiger partial charge in [0.2, 0.25) is 10.0 Å². The van der Waals surface area contributed by atoms with Gasteiger partial charge in [0.25, 0.3) is 5.69 Å². The number of non-ortho nitro benzene ring substituents is 1. The smallest absolute Gasteiger partial charge is 0.270 e. The molecule has 1 aliphatic rings. The monoisotopic (exact) mass is 329 g/mol. The molecule has 2 unspecified atom stereocenters. The van der Waals surface area contributed by atoms with Crippen LogP contribution in [0.25, 0.3) is 0 Å². The first kappa shape index (κ1) is 16.7. The zero-order valence-corrected chi connectivity index (χ0v) is 13.2. The largest absolute Gasteiger partial charge is 0.379 e. The van der Waals surface area contributed by atoms with Crippen molar-refractivity contribution in [1.29, 1.82) is 0 Å². The highest BCUT2D eigenvalue weighted by Crippen LogP contribution is 2.32. The van der Waals surface area contributed by atoms with Crippen LogP contribution in [-0.4, -0.2) is 39.6 Å². The maximum atomic E-state index is 11.8. The van der Waals surface area contributed by atoms with Crippen molar-refractivity contribution in [2.24, 2.45) is 11.1 Å². The fourth-order valence-electron chi connectivity index (χ4n) is 2.66. The van der Waals surface area contributed by atoms with Gasteiger partial charge in [0.1, 0.15) is 4.90 Å². The van der Waals surface area contributed by atoms with E-state index in [-0.39, 0.29) is 16.7 Å². The molecule has 1 aromatic rings. The van der Waals surface area contributed by atoms with Crippen molar-refractivity contribution in [3.05, 3.63) is 28.3 Å². The Morgan fingerprint density at radius 2 is 2.14 bits per heavy atom. The summed E-state index contributed by atoms with van der Waals surface area (Å²) in [7, 11) is -2.45. The molecular formula is C13H19N3O5S. The summed E-state index contributed by atoms with van der Waals surface area (Å²) >= 11 is 0. The lowest BCUT2D eigenvalue weighted by Crippen LogP contribution is -2.44. The summed E-state index contributed by atoms with van der Waals surface area (Å²) in [6.07, 6.45) is 0.803. The molecule has 0 aromatic heterocycles. The average Bonchev–Trinajstić information content (AvgIpc) is 2.46. The highest BCUT2D eigenvalue weighted by Gasteiger charge is 2.29. The van der Waals surface area contributed by atoms with Crippen LogP contribution in [0.1, 0.15) is 13.3 Å². The van der Waals surface area contributed by atoms with Gasteiger partial charge in [-0.25, -0.2) is 13.6 Å². The van der Waals surface area contributed by atoms with E-state index < -0.39 is 14.9 Å². The minimum atomic E-state index is -4.06. The Labute approximate surface area is 129 Å². The minimum Gasteiger partial charge on any atom is -0.379 e. The fourth-order valence-corrected chi connectivity index (χ4v) is 3.44. The predicted octanol–water partition coefficient (Wildman–Crippen LogP) is 1.10. The normalized spacial score (nSPS) is 22.6. The van der Waals surface area contributed by atoms with E-state index in [1.54, 1.807) is 7.11 Å². The van der Waals surface area contributed by atoms with Crippen LogP contribution in [0.3, 0.4) is 0 Å². The van der Waals surface area contributed by atoms with Crippen LogP contribution in [0.2, 0.25) is 0 Å². The molecule has 122 valence electrons. The second-order valence-electron chi connectivity index (χ2n) is 5.44. The van der Waals surface area contributed by atoms with E-state index in [9.17, 15) is 18.5 Å². The molecule has 0 bridgehead atoms. The number of primary sulfonamides is 1. The number of hydrogen-bond acceptors (Lipinski definition) is 6. The number of methoxy groups -OCH3 is 1. The molecule has 0 saturated carbocycles. The quantitative estimate of drug-likeness (QED) is 0.653. The van der Waals surface area contributed by atoms with Crippen molar-refractivity contribution in [2.75, 3.05) is 25.1 Å². The molecule has 1 heterocycles. The Hall–Kier alpha value is -1.71. The van der Waals surface area contributed by atoms with Gasteiger partial charge >= 0.3 is 0 Å². The summed E-state index contributed by atoms with van der Waals surface area (Å²) in [4.78, 5) is 11.8. The first-order valence-corrected chi connectivity index (χ1v) is 8.37. The highest BCUT2D eigenvalue weighted by molar-refractivity contribution is 7.89. The summed E-state index contributed by atoms with van der Waals surface area (Å²) < 4.78 is 29.0. The van der Waals surface area contributed by atoms with Crippen LogP contribution < -0.4 is 10.0 Å². The van der Waals surface area contributed by atoms with Crippen molar-refractivity contribution in [2.45, 2.75) is 24.3 Å². The number of benzene rings is 1. The van der Waals surface area contributed by atoms with Gasteiger partial charge in [0, 0.05) is 32.3 Å². The zero-order chi connectivity index (χ0) is 16.5. The second-order valence-corrected chi connectivity index (χ2v) is 6.97. The van der Waals surface area contributed by atoms with E-state index in [1.807, 2.05) is 4.90 Å². The highest BCUT2D eigenvalue weighted by atomic mass is 32.2. The SMILES string of the molecule is COC1CN(c2ccc([N+](=O)[O-])cc2S(N)(=O)=O)CCC1C. The molecule has 2 N–H and O–H groups in total. The van der Waals surface area contributed by atoms with Crippen molar-refractivity contribution in [3.8, 4) is 0 Å². The van der Waals surface area contributed by atoms with E-state index in [1.165, 1.54) is 12.1 Å². The van der Waals surface area contributed by atoms with Gasteiger partial charge in [-0.15, -0.1) is 0 Å². The maximum Gasteiger partial charge on any atom is 0.270 e. The van der Waals surface area contributed by atoms with Gasteiger partial charge in [-0.2, -0.15) is 0 Å². The van der Waals surface area contributed by atoms with Gasteiger partial charge in [-0.1, -0.05) is 6.92 Å². The van der Waals surface area contributed by atoms with Crippen LogP contribution in [0.5, 0.6) is 0 Å². The van der Waals surface area contributed by atoms with Crippen LogP contribution in [0, 0.1) is 16.0 Å². The topological polar surface area (TPSA) is 116 Å². The molecule has 1 fully saturated rings. The van der Waals surface area contributed by atoms with Crippen molar-refractivity contribution < 1.29 is 18.1 Å². The van der Waals surface area contributed by atoms with Crippen molar-refractivity contribution >= 4 is 21.4 Å². The van der Waals surface area contributed by atoms with Crippen LogP contribution in [0.4, 0.5) is 11.4 Å². The molecule has 22 heavy (non-hydrogen) atoms. The Balaban J connectivity index is 2.44. The third kappa shape index (κ3) is 3.37. The van der Waals surface area contributed by atoms with Gasteiger partial charge in [0.15, 0.2) is 0 Å². The number of hydrogen-bond donors (Lipinski definition) is 1. The number of nitro benzene ring substituents is 1. The molecule has 9 heteroatoms. The zero-order valence-electron chi connectivity index (χ0n) is 12.4. The van der Waals surface area contributed by atoms with Gasteiger partial charge < -0.3 is 9.64 Å². The molecule has 2 atom stereocenters. The molecule has 0 radical (unpaired) electrons. The summed E-state index contributed by atoms with van der Waals surface area (Å²) in [5.41, 5.74) is 0.0727. The number of anilines is 1. The third-order valence-corrected chi connectivity index (χ3v) is 4.93. The lowest BCUT2D eigenvalue weighted by atomic mass is 9.95. The lowest BCUT2D eigenvalue weighted by Gasteiger charge is -2.38. The molecule has 0 amide bonds. The summed E-state index contributed by atoms with van der Waals surface area (Å²) in [5, 5.41) is 16.1. The summed E-state index contributed by atoms with van der Waals surface area (Å²) in [6, 6.07) is 3.72. The molecule has 0 aliphatic carbocycles. The number of nitrogens with two attached hydrogens (primary N) is 1. The number of ether oxygens (including phenoxy) is 1. The molecule has 0 spiro atoms. The molecule has 1 aromatic carbocycles. The maximum absolute atomic E-state index is 11.8. The van der Waals surface area contributed by atoms with Gasteiger partial charge in [0.05, 0.1) is 16.7 Å². The number of nitrogens with zero attached hydrogens (tertiary/aromatic N) is 2. The van der Waals surface area contributed by atoms with E-state index >= 15 is 0 Å². The number of piperidine rings is 1. The average molecular weight is 329 g/mol. The third-order valence-electron chi connectivity index (χ3n) is 3.99. The van der Waals surface area contributed by atoms with Gasteiger partial charge in [-0.05, 0) is 18.4 Å². The van der Waals surface area contributed by atoms with E-state index in [4.69, 9.17) is 9.88 Å². The molecular weight excluding hydrogens is 310 g/mol. The van der Waals surface area contributed by atoms with E-state index in [0.717, 1.165) is 12.5 Å². The summed E-state index contributed by atoms with van der Waals surface area (Å²) in [6.45, 7) is 3.22. The number of sulfonamides is 1.